The van der Waals surface area contributed by atoms with Crippen molar-refractivity contribution in [3.63, 3.8) is 0 Å². The summed E-state index contributed by atoms with van der Waals surface area (Å²) in [7, 11) is -3.57. The molecule has 5 heteroatoms. The van der Waals surface area contributed by atoms with Gasteiger partial charge in [-0.2, -0.15) is 4.31 Å². The van der Waals surface area contributed by atoms with Gasteiger partial charge in [0.2, 0.25) is 10.0 Å². The van der Waals surface area contributed by atoms with E-state index >= 15 is 0 Å². The molecule has 1 heterocycles. The molecule has 0 amide bonds. The van der Waals surface area contributed by atoms with Crippen LogP contribution in [0.4, 0.5) is 0 Å². The second-order valence-corrected chi connectivity index (χ2v) is 8.16. The Balaban J connectivity index is 1.93. The van der Waals surface area contributed by atoms with Crippen LogP contribution in [0.15, 0.2) is 53.4 Å². The van der Waals surface area contributed by atoms with Crippen molar-refractivity contribution in [1.29, 1.82) is 0 Å². The summed E-state index contributed by atoms with van der Waals surface area (Å²) in [6, 6.07) is 14.1. The van der Waals surface area contributed by atoms with Crippen LogP contribution in [0.25, 0.3) is 0 Å². The first kappa shape index (κ1) is 16.9. The van der Waals surface area contributed by atoms with Crippen LogP contribution in [0.2, 0.25) is 0 Å². The van der Waals surface area contributed by atoms with Crippen molar-refractivity contribution in [2.24, 2.45) is 0 Å². The van der Waals surface area contributed by atoms with Gasteiger partial charge in [0.05, 0.1) is 10.9 Å². The third-order valence-corrected chi connectivity index (χ3v) is 6.46. The predicted octanol–water partition coefficient (Wildman–Crippen LogP) is 3.72. The van der Waals surface area contributed by atoms with E-state index in [9.17, 15) is 13.2 Å². The standard InChI is InChI=1S/C19H21NO3S/c1-14-5-7-17(8-6-14)19-4-3-13-20(19)24(22,23)18-11-9-16(10-12-18)15(2)21/h5-12,19H,3-4,13H2,1-2H3. The highest BCUT2D eigenvalue weighted by atomic mass is 32.2. The highest BCUT2D eigenvalue weighted by molar-refractivity contribution is 7.89. The fourth-order valence-electron chi connectivity index (χ4n) is 3.15. The molecule has 2 aromatic carbocycles. The molecule has 1 saturated heterocycles. The minimum atomic E-state index is -3.57. The van der Waals surface area contributed by atoms with Crippen LogP contribution in [-0.4, -0.2) is 25.1 Å². The first-order valence-corrected chi connectivity index (χ1v) is 9.53. The number of rotatable bonds is 4. The maximum Gasteiger partial charge on any atom is 0.243 e. The van der Waals surface area contributed by atoms with Gasteiger partial charge in [-0.15, -0.1) is 0 Å². The lowest BCUT2D eigenvalue weighted by Gasteiger charge is -2.24. The monoisotopic (exact) mass is 343 g/mol. The summed E-state index contributed by atoms with van der Waals surface area (Å²) in [6.45, 7) is 4.01. The lowest BCUT2D eigenvalue weighted by Crippen LogP contribution is -2.30. The summed E-state index contributed by atoms with van der Waals surface area (Å²) in [5.41, 5.74) is 2.71. The number of carbonyl (C=O) groups is 1. The van der Waals surface area contributed by atoms with Crippen LogP contribution in [-0.2, 0) is 10.0 Å². The van der Waals surface area contributed by atoms with Crippen LogP contribution in [0.3, 0.4) is 0 Å². The Labute approximate surface area is 143 Å². The minimum Gasteiger partial charge on any atom is -0.295 e. The van der Waals surface area contributed by atoms with Gasteiger partial charge < -0.3 is 0 Å². The van der Waals surface area contributed by atoms with Gasteiger partial charge in [-0.1, -0.05) is 42.0 Å². The zero-order valence-electron chi connectivity index (χ0n) is 13.9. The normalized spacial score (nSPS) is 18.7. The van der Waals surface area contributed by atoms with Gasteiger partial charge >= 0.3 is 0 Å². The lowest BCUT2D eigenvalue weighted by atomic mass is 10.0. The Morgan fingerprint density at radius 3 is 2.25 bits per heavy atom. The number of Topliss-reactive ketones (excluding diaryl/α,β-unsaturated/α-hetero) is 1. The molecule has 2 aromatic rings. The maximum atomic E-state index is 13.0. The van der Waals surface area contributed by atoms with E-state index < -0.39 is 10.0 Å². The number of hydrogen-bond acceptors (Lipinski definition) is 3. The molecule has 0 aromatic heterocycles. The van der Waals surface area contributed by atoms with Crippen LogP contribution >= 0.6 is 0 Å². The molecule has 0 aliphatic carbocycles. The molecular formula is C19H21NO3S. The molecule has 126 valence electrons. The van der Waals surface area contributed by atoms with Gasteiger partial charge in [-0.3, -0.25) is 4.79 Å². The van der Waals surface area contributed by atoms with Crippen molar-refractivity contribution in [2.45, 2.75) is 37.6 Å². The maximum absolute atomic E-state index is 13.0. The zero-order chi connectivity index (χ0) is 17.3. The van der Waals surface area contributed by atoms with Crippen molar-refractivity contribution in [2.75, 3.05) is 6.54 Å². The van der Waals surface area contributed by atoms with Crippen molar-refractivity contribution in [3.8, 4) is 0 Å². The zero-order valence-corrected chi connectivity index (χ0v) is 14.7. The summed E-state index contributed by atoms with van der Waals surface area (Å²) in [4.78, 5) is 11.6. The Bertz CT molecular complexity index is 839. The number of nitrogens with zero attached hydrogens (tertiary/aromatic N) is 1. The first-order chi connectivity index (χ1) is 11.4. The van der Waals surface area contributed by atoms with Crippen LogP contribution < -0.4 is 0 Å². The van der Waals surface area contributed by atoms with E-state index in [1.54, 1.807) is 16.4 Å². The molecular weight excluding hydrogens is 322 g/mol. The van der Waals surface area contributed by atoms with Crippen molar-refractivity contribution >= 4 is 15.8 Å². The molecule has 0 spiro atoms. The third kappa shape index (κ3) is 3.14. The largest absolute Gasteiger partial charge is 0.295 e. The van der Waals surface area contributed by atoms with E-state index in [4.69, 9.17) is 0 Å². The van der Waals surface area contributed by atoms with E-state index in [2.05, 4.69) is 0 Å². The molecule has 1 fully saturated rings. The molecule has 0 N–H and O–H groups in total. The molecule has 1 aliphatic rings. The van der Waals surface area contributed by atoms with Crippen molar-refractivity contribution < 1.29 is 13.2 Å². The summed E-state index contributed by atoms with van der Waals surface area (Å²) in [5.74, 6) is -0.0716. The van der Waals surface area contributed by atoms with Crippen molar-refractivity contribution in [1.82, 2.24) is 4.31 Å². The SMILES string of the molecule is CC(=O)c1ccc(S(=O)(=O)N2CCCC2c2ccc(C)cc2)cc1. The molecule has 4 nitrogen and oxygen atoms in total. The molecule has 3 rings (SSSR count). The van der Waals surface area contributed by atoms with E-state index in [0.717, 1.165) is 24.0 Å². The number of ketones is 1. The van der Waals surface area contributed by atoms with Crippen LogP contribution in [0, 0.1) is 6.92 Å². The Kier molecular flexibility index (Phi) is 4.56. The molecule has 0 radical (unpaired) electrons. The quantitative estimate of drug-likeness (QED) is 0.795. The third-order valence-electron chi connectivity index (χ3n) is 4.53. The van der Waals surface area contributed by atoms with Gasteiger partial charge in [-0.05, 0) is 44.4 Å². The lowest BCUT2D eigenvalue weighted by molar-refractivity contribution is 0.101. The van der Waals surface area contributed by atoms with Crippen molar-refractivity contribution in [3.05, 3.63) is 65.2 Å². The molecule has 0 bridgehead atoms. The minimum absolute atomic E-state index is 0.0716. The summed E-state index contributed by atoms with van der Waals surface area (Å²) in [5, 5.41) is 0. The smallest absolute Gasteiger partial charge is 0.243 e. The predicted molar refractivity (Wildman–Crippen MR) is 93.5 cm³/mol. The van der Waals surface area contributed by atoms with E-state index in [0.29, 0.717) is 12.1 Å². The molecule has 1 aliphatic heterocycles. The fourth-order valence-corrected chi connectivity index (χ4v) is 4.83. The number of hydrogen-bond donors (Lipinski definition) is 0. The topological polar surface area (TPSA) is 54.5 Å². The van der Waals surface area contributed by atoms with E-state index in [-0.39, 0.29) is 16.7 Å². The molecule has 0 saturated carbocycles. The van der Waals surface area contributed by atoms with Crippen LogP contribution in [0.5, 0.6) is 0 Å². The highest BCUT2D eigenvalue weighted by Gasteiger charge is 2.36. The van der Waals surface area contributed by atoms with E-state index in [1.807, 2.05) is 31.2 Å². The first-order valence-electron chi connectivity index (χ1n) is 8.09. The Hall–Kier alpha value is -1.98. The molecule has 24 heavy (non-hydrogen) atoms. The van der Waals surface area contributed by atoms with Crippen LogP contribution in [0.1, 0.15) is 47.3 Å². The fraction of sp³-hybridized carbons (Fsp3) is 0.316. The summed E-state index contributed by atoms with van der Waals surface area (Å²) >= 11 is 0. The van der Waals surface area contributed by atoms with E-state index in [1.165, 1.54) is 19.1 Å². The Morgan fingerprint density at radius 1 is 1.04 bits per heavy atom. The Morgan fingerprint density at radius 2 is 1.67 bits per heavy atom. The van der Waals surface area contributed by atoms with Gasteiger partial charge in [0.25, 0.3) is 0 Å². The molecule has 1 unspecified atom stereocenters. The highest BCUT2D eigenvalue weighted by Crippen LogP contribution is 2.36. The number of aryl methyl sites for hydroxylation is 1. The summed E-state index contributed by atoms with van der Waals surface area (Å²) in [6.07, 6.45) is 1.68. The number of carbonyl (C=O) groups excluding carboxylic acids is 1. The second kappa shape index (κ2) is 6.49. The van der Waals surface area contributed by atoms with Gasteiger partial charge in [-0.25, -0.2) is 8.42 Å². The average molecular weight is 343 g/mol. The average Bonchev–Trinajstić information content (AvgIpc) is 3.06. The molecule has 1 atom stereocenters. The van der Waals surface area contributed by atoms with Gasteiger partial charge in [0, 0.05) is 12.1 Å². The van der Waals surface area contributed by atoms with Gasteiger partial charge in [0.15, 0.2) is 5.78 Å². The number of sulfonamides is 1. The number of benzene rings is 2. The summed E-state index contributed by atoms with van der Waals surface area (Å²) < 4.78 is 27.6. The van der Waals surface area contributed by atoms with Gasteiger partial charge in [0.1, 0.15) is 0 Å². The second-order valence-electron chi connectivity index (χ2n) is 6.27.